The lowest BCUT2D eigenvalue weighted by atomic mass is 9.78. The van der Waals surface area contributed by atoms with Gasteiger partial charge in [0.05, 0.1) is 0 Å². The molecule has 1 spiro atoms. The quantitative estimate of drug-likeness (QED) is 0.842. The van der Waals surface area contributed by atoms with Gasteiger partial charge in [-0.25, -0.2) is 0 Å². The van der Waals surface area contributed by atoms with E-state index in [0.717, 1.165) is 49.2 Å². The van der Waals surface area contributed by atoms with Crippen molar-refractivity contribution in [1.29, 1.82) is 0 Å². The predicted octanol–water partition coefficient (Wildman–Crippen LogP) is 3.24. The van der Waals surface area contributed by atoms with Crippen molar-refractivity contribution in [2.45, 2.75) is 32.3 Å². The first-order valence-corrected chi connectivity index (χ1v) is 8.79. The minimum absolute atomic E-state index is 0. The minimum Gasteiger partial charge on any atom is -0.481 e. The number of rotatable bonds is 3. The van der Waals surface area contributed by atoms with Crippen LogP contribution in [0.3, 0.4) is 0 Å². The lowest BCUT2D eigenvalue weighted by Gasteiger charge is -2.39. The Bertz CT molecular complexity index is 522. The summed E-state index contributed by atoms with van der Waals surface area (Å²) in [6.07, 6.45) is 3.03. The van der Waals surface area contributed by atoms with Gasteiger partial charge in [0.2, 0.25) is 0 Å². The van der Waals surface area contributed by atoms with Crippen molar-refractivity contribution < 1.29 is 9.53 Å². The molecule has 1 aromatic rings. The van der Waals surface area contributed by atoms with Crippen LogP contribution in [-0.2, 0) is 4.79 Å². The first-order chi connectivity index (χ1) is 10.6. The van der Waals surface area contributed by atoms with Crippen molar-refractivity contribution in [3.63, 3.8) is 0 Å². The topological polar surface area (TPSA) is 41.6 Å². The lowest BCUT2D eigenvalue weighted by Crippen LogP contribution is -2.48. The van der Waals surface area contributed by atoms with E-state index in [4.69, 9.17) is 4.74 Å². The normalized spacial score (nSPS) is 20.9. The molecule has 2 heterocycles. The first-order valence-electron chi connectivity index (χ1n) is 8.00. The fourth-order valence-electron chi connectivity index (χ4n) is 3.45. The van der Waals surface area contributed by atoms with E-state index in [0.29, 0.717) is 5.41 Å². The number of nitrogens with zero attached hydrogens (tertiary/aromatic N) is 1. The molecule has 1 amide bonds. The van der Waals surface area contributed by atoms with Gasteiger partial charge in [-0.2, -0.15) is 0 Å². The van der Waals surface area contributed by atoms with Crippen LogP contribution in [0.15, 0.2) is 28.7 Å². The molecule has 6 heteroatoms. The number of carbonyl (C=O) groups is 1. The summed E-state index contributed by atoms with van der Waals surface area (Å²) in [5, 5.41) is 3.45. The molecule has 2 aliphatic rings. The van der Waals surface area contributed by atoms with E-state index in [1.54, 1.807) is 0 Å². The molecule has 0 radical (unpaired) electrons. The molecular weight excluding hydrogens is 380 g/mol. The zero-order chi connectivity index (χ0) is 15.6. The summed E-state index contributed by atoms with van der Waals surface area (Å²) in [6, 6.07) is 7.60. The molecule has 1 atom stereocenters. The molecule has 0 aromatic heterocycles. The van der Waals surface area contributed by atoms with Gasteiger partial charge in [-0.3, -0.25) is 4.79 Å². The molecule has 23 heavy (non-hydrogen) atoms. The van der Waals surface area contributed by atoms with Crippen LogP contribution in [0, 0.1) is 5.41 Å². The van der Waals surface area contributed by atoms with E-state index in [-0.39, 0.29) is 18.3 Å². The zero-order valence-corrected chi connectivity index (χ0v) is 15.8. The fourth-order valence-corrected chi connectivity index (χ4v) is 3.71. The molecule has 0 saturated carbocycles. The predicted molar refractivity (Wildman–Crippen MR) is 97.2 cm³/mol. The molecular formula is C17H24BrClN2O2. The third-order valence-corrected chi connectivity index (χ3v) is 5.47. The van der Waals surface area contributed by atoms with Gasteiger partial charge in [0.15, 0.2) is 6.10 Å². The number of likely N-dealkylation sites (tertiary alicyclic amines) is 1. The van der Waals surface area contributed by atoms with Crippen LogP contribution >= 0.6 is 28.3 Å². The highest BCUT2D eigenvalue weighted by Gasteiger charge is 2.38. The molecule has 2 saturated heterocycles. The number of hydrogen-bond donors (Lipinski definition) is 1. The average molecular weight is 404 g/mol. The van der Waals surface area contributed by atoms with Crippen LogP contribution in [0.2, 0.25) is 0 Å². The number of benzene rings is 1. The van der Waals surface area contributed by atoms with E-state index < -0.39 is 6.10 Å². The van der Waals surface area contributed by atoms with Crippen molar-refractivity contribution in [2.75, 3.05) is 26.2 Å². The fraction of sp³-hybridized carbons (Fsp3) is 0.588. The standard InChI is InChI=1S/C17H23BrN2O2.ClH/c1-13(22-15-4-2-14(18)3-5-15)16(21)20-10-7-17(8-11-20)6-9-19-12-17;/h2-5,13,19H,6-12H2,1H3;1H. The molecule has 2 fully saturated rings. The Morgan fingerprint density at radius 3 is 2.48 bits per heavy atom. The molecule has 1 unspecified atom stereocenters. The molecule has 2 aliphatic heterocycles. The highest BCUT2D eigenvalue weighted by Crippen LogP contribution is 2.37. The maximum Gasteiger partial charge on any atom is 0.263 e. The van der Waals surface area contributed by atoms with Gasteiger partial charge < -0.3 is 15.0 Å². The number of hydrogen-bond acceptors (Lipinski definition) is 3. The van der Waals surface area contributed by atoms with Gasteiger partial charge in [-0.05, 0) is 62.4 Å². The molecule has 128 valence electrons. The van der Waals surface area contributed by atoms with Crippen molar-refractivity contribution in [1.82, 2.24) is 10.2 Å². The summed E-state index contributed by atoms with van der Waals surface area (Å²) in [6.45, 7) is 5.78. The van der Waals surface area contributed by atoms with E-state index >= 15 is 0 Å². The monoisotopic (exact) mass is 402 g/mol. The maximum absolute atomic E-state index is 12.5. The Morgan fingerprint density at radius 2 is 1.91 bits per heavy atom. The summed E-state index contributed by atoms with van der Waals surface area (Å²) in [5.41, 5.74) is 0.437. The molecule has 0 bridgehead atoms. The number of nitrogens with one attached hydrogen (secondary N) is 1. The van der Waals surface area contributed by atoms with Crippen LogP contribution in [0.5, 0.6) is 5.75 Å². The number of carbonyl (C=O) groups excluding carboxylic acids is 1. The second kappa shape index (κ2) is 7.86. The van der Waals surface area contributed by atoms with Crippen LogP contribution in [0.25, 0.3) is 0 Å². The van der Waals surface area contributed by atoms with E-state index in [2.05, 4.69) is 21.2 Å². The molecule has 1 N–H and O–H groups in total. The summed E-state index contributed by atoms with van der Waals surface area (Å²) < 4.78 is 6.78. The van der Waals surface area contributed by atoms with Crippen molar-refractivity contribution >= 4 is 34.2 Å². The highest BCUT2D eigenvalue weighted by molar-refractivity contribution is 9.10. The lowest BCUT2D eigenvalue weighted by molar-refractivity contribution is -0.140. The summed E-state index contributed by atoms with van der Waals surface area (Å²) in [5.74, 6) is 0.834. The second-order valence-electron chi connectivity index (χ2n) is 6.47. The van der Waals surface area contributed by atoms with E-state index in [1.807, 2.05) is 36.1 Å². The van der Waals surface area contributed by atoms with Crippen molar-refractivity contribution in [3.8, 4) is 5.75 Å². The number of ether oxygens (including phenoxy) is 1. The summed E-state index contributed by atoms with van der Waals surface area (Å²) >= 11 is 3.40. The van der Waals surface area contributed by atoms with E-state index in [9.17, 15) is 4.79 Å². The third-order valence-electron chi connectivity index (χ3n) is 4.94. The largest absolute Gasteiger partial charge is 0.481 e. The Balaban J connectivity index is 0.00000192. The van der Waals surface area contributed by atoms with Gasteiger partial charge in [0.1, 0.15) is 5.75 Å². The van der Waals surface area contributed by atoms with Crippen LogP contribution in [-0.4, -0.2) is 43.1 Å². The maximum atomic E-state index is 12.5. The van der Waals surface area contributed by atoms with Crippen molar-refractivity contribution in [3.05, 3.63) is 28.7 Å². The second-order valence-corrected chi connectivity index (χ2v) is 7.38. The van der Waals surface area contributed by atoms with Gasteiger partial charge in [-0.1, -0.05) is 15.9 Å². The summed E-state index contributed by atoms with van der Waals surface area (Å²) in [4.78, 5) is 14.5. The number of halogens is 2. The third kappa shape index (κ3) is 4.40. The van der Waals surface area contributed by atoms with Gasteiger partial charge >= 0.3 is 0 Å². The van der Waals surface area contributed by atoms with Gasteiger partial charge in [0.25, 0.3) is 5.91 Å². The Labute approximate surface area is 152 Å². The Hall–Kier alpha value is -0.780. The Kier molecular flexibility index (Phi) is 6.34. The first kappa shape index (κ1) is 18.6. The summed E-state index contributed by atoms with van der Waals surface area (Å²) in [7, 11) is 0. The van der Waals surface area contributed by atoms with Crippen LogP contribution in [0.1, 0.15) is 26.2 Å². The zero-order valence-electron chi connectivity index (χ0n) is 13.4. The smallest absolute Gasteiger partial charge is 0.263 e. The Morgan fingerprint density at radius 1 is 1.26 bits per heavy atom. The van der Waals surface area contributed by atoms with Gasteiger partial charge in [0, 0.05) is 24.1 Å². The van der Waals surface area contributed by atoms with Crippen LogP contribution in [0.4, 0.5) is 0 Å². The molecule has 1 aromatic carbocycles. The SMILES string of the molecule is CC(Oc1ccc(Br)cc1)C(=O)N1CCC2(CCNC2)CC1.Cl. The van der Waals surface area contributed by atoms with E-state index in [1.165, 1.54) is 6.42 Å². The molecule has 4 nitrogen and oxygen atoms in total. The highest BCUT2D eigenvalue weighted by atomic mass is 79.9. The van der Waals surface area contributed by atoms with Crippen molar-refractivity contribution in [2.24, 2.45) is 5.41 Å². The minimum atomic E-state index is -0.433. The molecule has 0 aliphatic carbocycles. The number of amides is 1. The number of piperidine rings is 1. The molecule has 3 rings (SSSR count). The van der Waals surface area contributed by atoms with Crippen LogP contribution < -0.4 is 10.1 Å². The van der Waals surface area contributed by atoms with Gasteiger partial charge in [-0.15, -0.1) is 12.4 Å². The average Bonchev–Trinajstić information content (AvgIpc) is 2.98.